The van der Waals surface area contributed by atoms with Crippen molar-refractivity contribution in [1.29, 1.82) is 0 Å². The topological polar surface area (TPSA) is 103 Å². The van der Waals surface area contributed by atoms with E-state index in [0.29, 0.717) is 30.5 Å². The number of methoxy groups -OCH3 is 1. The molecule has 0 atom stereocenters. The van der Waals surface area contributed by atoms with Crippen LogP contribution in [0.15, 0.2) is 79.5 Å². The van der Waals surface area contributed by atoms with E-state index in [2.05, 4.69) is 42.2 Å². The van der Waals surface area contributed by atoms with Crippen molar-refractivity contribution in [2.75, 3.05) is 7.11 Å². The molecule has 1 fully saturated rings. The molecule has 1 N–H and O–H groups in total. The third-order valence-electron chi connectivity index (χ3n) is 4.80. The van der Waals surface area contributed by atoms with Gasteiger partial charge in [-0.05, 0) is 109 Å². The number of nitro groups is 1. The highest BCUT2D eigenvalue weighted by Gasteiger charge is 2.24. The minimum absolute atomic E-state index is 0.0273. The first-order valence-corrected chi connectivity index (χ1v) is 12.5. The summed E-state index contributed by atoms with van der Waals surface area (Å²) in [6.07, 6.45) is 1.77. The number of ether oxygens (including phenoxy) is 2. The highest BCUT2D eigenvalue weighted by molar-refractivity contribution is 9.11. The van der Waals surface area contributed by atoms with E-state index < -0.39 is 4.92 Å². The van der Waals surface area contributed by atoms with Crippen molar-refractivity contribution in [3.63, 3.8) is 0 Å². The second kappa shape index (κ2) is 11.1. The molecule has 8 nitrogen and oxygen atoms in total. The first-order chi connectivity index (χ1) is 16.8. The molecule has 1 saturated heterocycles. The zero-order valence-corrected chi connectivity index (χ0v) is 22.1. The van der Waals surface area contributed by atoms with E-state index in [1.54, 1.807) is 37.5 Å². The summed E-state index contributed by atoms with van der Waals surface area (Å²) in [6, 6.07) is 17.1. The highest BCUT2D eigenvalue weighted by Crippen LogP contribution is 2.37. The van der Waals surface area contributed by atoms with Gasteiger partial charge in [-0.2, -0.15) is 0 Å². The normalized spacial score (nSPS) is 15.3. The van der Waals surface area contributed by atoms with Gasteiger partial charge in [0.2, 0.25) is 0 Å². The molecule has 0 aromatic heterocycles. The summed E-state index contributed by atoms with van der Waals surface area (Å²) < 4.78 is 12.4. The van der Waals surface area contributed by atoms with Crippen molar-refractivity contribution in [2.24, 2.45) is 4.99 Å². The molecule has 1 aliphatic rings. The van der Waals surface area contributed by atoms with Gasteiger partial charge in [0, 0.05) is 12.1 Å². The minimum atomic E-state index is -0.443. The SMILES string of the molecule is COc1ccc(N=C2NC(=O)/C(=C\c3cc(Br)c(OCc4ccc([N+](=O)[O-])cc4)c(Br)c3)S2)cc1. The quantitative estimate of drug-likeness (QED) is 0.182. The number of nitrogens with one attached hydrogen (secondary N) is 1. The Balaban J connectivity index is 1.46. The molecule has 0 unspecified atom stereocenters. The lowest BCUT2D eigenvalue weighted by atomic mass is 10.2. The molecule has 4 rings (SSSR count). The first kappa shape index (κ1) is 25.0. The molecular formula is C24H17Br2N3O5S. The third-order valence-corrected chi connectivity index (χ3v) is 6.89. The summed E-state index contributed by atoms with van der Waals surface area (Å²) in [7, 11) is 1.60. The highest BCUT2D eigenvalue weighted by atomic mass is 79.9. The number of carbonyl (C=O) groups is 1. The predicted molar refractivity (Wildman–Crippen MR) is 143 cm³/mol. The number of aliphatic imine (C=N–C) groups is 1. The van der Waals surface area contributed by atoms with E-state index in [1.165, 1.54) is 23.9 Å². The number of thioether (sulfide) groups is 1. The number of nitro benzene ring substituents is 1. The molecule has 1 amide bonds. The largest absolute Gasteiger partial charge is 0.497 e. The van der Waals surface area contributed by atoms with E-state index >= 15 is 0 Å². The Labute approximate surface area is 221 Å². The van der Waals surface area contributed by atoms with Gasteiger partial charge in [-0.25, -0.2) is 4.99 Å². The number of rotatable bonds is 7. The van der Waals surface area contributed by atoms with E-state index in [9.17, 15) is 14.9 Å². The number of hydrogen-bond acceptors (Lipinski definition) is 7. The molecule has 0 aliphatic carbocycles. The molecule has 3 aromatic rings. The predicted octanol–water partition coefficient (Wildman–Crippen LogP) is 6.60. The molecule has 0 saturated carbocycles. The van der Waals surface area contributed by atoms with Crippen LogP contribution in [0.4, 0.5) is 11.4 Å². The number of amides is 1. The fourth-order valence-electron chi connectivity index (χ4n) is 3.08. The number of nitrogens with zero attached hydrogens (tertiary/aromatic N) is 2. The van der Waals surface area contributed by atoms with Crippen LogP contribution >= 0.6 is 43.6 Å². The van der Waals surface area contributed by atoms with Crippen LogP contribution in [0.3, 0.4) is 0 Å². The second-order valence-electron chi connectivity index (χ2n) is 7.21. The Morgan fingerprint density at radius 2 is 1.74 bits per heavy atom. The van der Waals surface area contributed by atoms with Crippen LogP contribution in [0.25, 0.3) is 6.08 Å². The zero-order chi connectivity index (χ0) is 24.9. The van der Waals surface area contributed by atoms with Crippen LogP contribution in [0, 0.1) is 10.1 Å². The Morgan fingerprint density at radius 3 is 2.34 bits per heavy atom. The lowest BCUT2D eigenvalue weighted by Crippen LogP contribution is -2.19. The molecule has 178 valence electrons. The molecule has 0 bridgehead atoms. The Bertz CT molecular complexity index is 1320. The lowest BCUT2D eigenvalue weighted by molar-refractivity contribution is -0.384. The third kappa shape index (κ3) is 6.30. The summed E-state index contributed by atoms with van der Waals surface area (Å²) in [5, 5.41) is 14.1. The monoisotopic (exact) mass is 617 g/mol. The van der Waals surface area contributed by atoms with Gasteiger partial charge in [0.25, 0.3) is 11.6 Å². The Kier molecular flexibility index (Phi) is 7.89. The van der Waals surface area contributed by atoms with Gasteiger partial charge in [-0.15, -0.1) is 0 Å². The molecular weight excluding hydrogens is 602 g/mol. The van der Waals surface area contributed by atoms with Crippen LogP contribution in [-0.2, 0) is 11.4 Å². The maximum Gasteiger partial charge on any atom is 0.269 e. The number of carbonyl (C=O) groups excluding carboxylic acids is 1. The van der Waals surface area contributed by atoms with Crippen LogP contribution < -0.4 is 14.8 Å². The van der Waals surface area contributed by atoms with Gasteiger partial charge in [0.15, 0.2) is 5.17 Å². The first-order valence-electron chi connectivity index (χ1n) is 10.1. The molecule has 0 radical (unpaired) electrons. The fourth-order valence-corrected chi connectivity index (χ4v) is 5.37. The van der Waals surface area contributed by atoms with Crippen molar-refractivity contribution in [2.45, 2.75) is 6.61 Å². The van der Waals surface area contributed by atoms with Crippen molar-refractivity contribution in [3.05, 3.63) is 95.8 Å². The summed E-state index contributed by atoms with van der Waals surface area (Å²) in [4.78, 5) is 27.8. The van der Waals surface area contributed by atoms with E-state index in [4.69, 9.17) is 9.47 Å². The zero-order valence-electron chi connectivity index (χ0n) is 18.2. The summed E-state index contributed by atoms with van der Waals surface area (Å²) >= 11 is 8.29. The maximum absolute atomic E-state index is 12.5. The number of benzene rings is 3. The van der Waals surface area contributed by atoms with Gasteiger partial charge in [-0.3, -0.25) is 14.9 Å². The van der Waals surface area contributed by atoms with Gasteiger partial charge in [0.1, 0.15) is 18.1 Å². The van der Waals surface area contributed by atoms with Crippen LogP contribution in [-0.4, -0.2) is 23.1 Å². The fraction of sp³-hybridized carbons (Fsp3) is 0.0833. The molecule has 11 heteroatoms. The van der Waals surface area contributed by atoms with E-state index in [-0.39, 0.29) is 18.2 Å². The molecule has 1 heterocycles. The van der Waals surface area contributed by atoms with Gasteiger partial charge < -0.3 is 14.8 Å². The number of amidine groups is 1. The van der Waals surface area contributed by atoms with Crippen molar-refractivity contribution < 1.29 is 19.2 Å². The number of halogens is 2. The molecule has 1 aliphatic heterocycles. The summed E-state index contributed by atoms with van der Waals surface area (Å²) in [5.41, 5.74) is 2.31. The molecule has 0 spiro atoms. The standard InChI is InChI=1S/C24H17Br2N3O5S/c1-33-18-8-4-16(5-9-18)27-24-28-23(30)21(35-24)12-15-10-19(25)22(20(26)11-15)34-13-14-2-6-17(7-3-14)29(31)32/h2-12H,13H2,1H3,(H,27,28,30)/b21-12+. The van der Waals surface area contributed by atoms with Crippen LogP contribution in [0.1, 0.15) is 11.1 Å². The molecule has 3 aromatic carbocycles. The van der Waals surface area contributed by atoms with Crippen molar-refractivity contribution >= 4 is 72.1 Å². The number of non-ortho nitro benzene ring substituents is 1. The molecule has 35 heavy (non-hydrogen) atoms. The maximum atomic E-state index is 12.5. The second-order valence-corrected chi connectivity index (χ2v) is 9.94. The smallest absolute Gasteiger partial charge is 0.269 e. The Morgan fingerprint density at radius 1 is 1.09 bits per heavy atom. The number of hydrogen-bond donors (Lipinski definition) is 1. The average molecular weight is 619 g/mol. The average Bonchev–Trinajstić information content (AvgIpc) is 3.17. The van der Waals surface area contributed by atoms with Crippen LogP contribution in [0.2, 0.25) is 0 Å². The van der Waals surface area contributed by atoms with Crippen molar-refractivity contribution in [3.8, 4) is 11.5 Å². The Hall–Kier alpha value is -3.15. The van der Waals surface area contributed by atoms with E-state index in [1.807, 2.05) is 24.3 Å². The van der Waals surface area contributed by atoms with Crippen LogP contribution in [0.5, 0.6) is 11.5 Å². The van der Waals surface area contributed by atoms with E-state index in [0.717, 1.165) is 16.9 Å². The van der Waals surface area contributed by atoms with Crippen molar-refractivity contribution in [1.82, 2.24) is 5.32 Å². The minimum Gasteiger partial charge on any atom is -0.497 e. The van der Waals surface area contributed by atoms with Gasteiger partial charge >= 0.3 is 0 Å². The summed E-state index contributed by atoms with van der Waals surface area (Å²) in [6.45, 7) is 0.235. The summed E-state index contributed by atoms with van der Waals surface area (Å²) in [5.74, 6) is 1.08. The lowest BCUT2D eigenvalue weighted by Gasteiger charge is -2.11. The van der Waals surface area contributed by atoms with Gasteiger partial charge in [0.05, 0.1) is 31.6 Å². The van der Waals surface area contributed by atoms with Gasteiger partial charge in [-0.1, -0.05) is 0 Å².